The van der Waals surface area contributed by atoms with Gasteiger partial charge in [-0.2, -0.15) is 0 Å². The molecule has 0 aliphatic rings. The highest BCUT2D eigenvalue weighted by Crippen LogP contribution is 2.30. The Labute approximate surface area is 192 Å². The molecule has 0 aliphatic heterocycles. The molecule has 32 heavy (non-hydrogen) atoms. The molecule has 3 aromatic rings. The van der Waals surface area contributed by atoms with Crippen molar-refractivity contribution in [1.29, 1.82) is 0 Å². The minimum Gasteiger partial charge on any atom is -0.488 e. The van der Waals surface area contributed by atoms with Crippen molar-refractivity contribution in [3.63, 3.8) is 0 Å². The Hall–Kier alpha value is -3.62. The van der Waals surface area contributed by atoms with Crippen LogP contribution in [0.2, 0.25) is 0 Å². The SMILES string of the molecule is CC#Cc1ccccc1OCc1c(C)c(C)c(C)c(C)c1COc1ccccc1C#CC. The van der Waals surface area contributed by atoms with E-state index in [-0.39, 0.29) is 0 Å². The van der Waals surface area contributed by atoms with E-state index in [1.54, 1.807) is 0 Å². The van der Waals surface area contributed by atoms with E-state index >= 15 is 0 Å². The first kappa shape index (κ1) is 23.1. The van der Waals surface area contributed by atoms with Gasteiger partial charge in [-0.25, -0.2) is 0 Å². The smallest absolute Gasteiger partial charge is 0.135 e. The molecule has 0 saturated carbocycles. The Kier molecular flexibility index (Phi) is 7.64. The zero-order valence-electron chi connectivity index (χ0n) is 19.8. The second-order valence-electron chi connectivity index (χ2n) is 7.78. The predicted octanol–water partition coefficient (Wildman–Crippen LogP) is 6.82. The first-order chi connectivity index (χ1) is 15.5. The zero-order valence-corrected chi connectivity index (χ0v) is 19.8. The largest absolute Gasteiger partial charge is 0.488 e. The maximum atomic E-state index is 6.28. The summed E-state index contributed by atoms with van der Waals surface area (Å²) < 4.78 is 12.6. The third kappa shape index (κ3) is 4.99. The Balaban J connectivity index is 1.96. The van der Waals surface area contributed by atoms with E-state index in [9.17, 15) is 0 Å². The fourth-order valence-corrected chi connectivity index (χ4v) is 3.82. The summed E-state index contributed by atoms with van der Waals surface area (Å²) in [4.78, 5) is 0. The van der Waals surface area contributed by atoms with Crippen molar-refractivity contribution in [3.8, 4) is 35.2 Å². The van der Waals surface area contributed by atoms with Crippen LogP contribution in [0.5, 0.6) is 11.5 Å². The van der Waals surface area contributed by atoms with Crippen molar-refractivity contribution in [1.82, 2.24) is 0 Å². The molecule has 0 aromatic heterocycles. The molecule has 0 aliphatic carbocycles. The molecule has 0 unspecified atom stereocenters. The Morgan fingerprint density at radius 2 is 0.938 bits per heavy atom. The first-order valence-electron chi connectivity index (χ1n) is 10.8. The lowest BCUT2D eigenvalue weighted by molar-refractivity contribution is 0.283. The fourth-order valence-electron chi connectivity index (χ4n) is 3.82. The molecule has 3 aromatic carbocycles. The van der Waals surface area contributed by atoms with E-state index < -0.39 is 0 Å². The summed E-state index contributed by atoms with van der Waals surface area (Å²) in [6.07, 6.45) is 0. The molecule has 0 radical (unpaired) electrons. The number of hydrogen-bond donors (Lipinski definition) is 0. The van der Waals surface area contributed by atoms with Gasteiger partial charge in [0.2, 0.25) is 0 Å². The standard InChI is InChI=1S/C30H30O2/c1-7-13-25-15-9-11-17-29(25)31-19-27-23(5)21(3)22(4)24(6)28(27)20-32-30-18-12-10-16-26(30)14-8-2/h9-12,15-18H,19-20H2,1-6H3. The van der Waals surface area contributed by atoms with Crippen LogP contribution in [0, 0.1) is 51.4 Å². The van der Waals surface area contributed by atoms with E-state index in [1.807, 2.05) is 62.4 Å². The van der Waals surface area contributed by atoms with Crippen LogP contribution >= 0.6 is 0 Å². The summed E-state index contributed by atoms with van der Waals surface area (Å²) in [5.74, 6) is 13.8. The van der Waals surface area contributed by atoms with Gasteiger partial charge in [-0.15, -0.1) is 11.8 Å². The number of para-hydroxylation sites is 2. The lowest BCUT2D eigenvalue weighted by atomic mass is 9.89. The molecule has 0 spiro atoms. The van der Waals surface area contributed by atoms with Crippen molar-refractivity contribution < 1.29 is 9.47 Å². The average Bonchev–Trinajstić information content (AvgIpc) is 2.80. The molecule has 0 heterocycles. The topological polar surface area (TPSA) is 18.5 Å². The van der Waals surface area contributed by atoms with E-state index in [4.69, 9.17) is 9.47 Å². The second kappa shape index (κ2) is 10.6. The summed E-state index contributed by atoms with van der Waals surface area (Å²) in [7, 11) is 0. The molecule has 0 amide bonds. The monoisotopic (exact) mass is 422 g/mol. The molecule has 3 rings (SSSR count). The van der Waals surface area contributed by atoms with Crippen LogP contribution in [0.1, 0.15) is 58.4 Å². The molecule has 0 saturated heterocycles. The van der Waals surface area contributed by atoms with Gasteiger partial charge in [0.1, 0.15) is 24.7 Å². The third-order valence-electron chi connectivity index (χ3n) is 5.99. The van der Waals surface area contributed by atoms with Crippen molar-refractivity contribution in [2.45, 2.75) is 54.8 Å². The van der Waals surface area contributed by atoms with Gasteiger partial charge in [-0.3, -0.25) is 0 Å². The number of hydrogen-bond acceptors (Lipinski definition) is 2. The van der Waals surface area contributed by atoms with Gasteiger partial charge in [-0.1, -0.05) is 36.1 Å². The minimum absolute atomic E-state index is 0.464. The van der Waals surface area contributed by atoms with Crippen LogP contribution in [0.4, 0.5) is 0 Å². The molecule has 0 N–H and O–H groups in total. The van der Waals surface area contributed by atoms with Crippen LogP contribution in [0.25, 0.3) is 0 Å². The van der Waals surface area contributed by atoms with Crippen LogP contribution in [-0.2, 0) is 13.2 Å². The summed E-state index contributed by atoms with van der Waals surface area (Å²) >= 11 is 0. The quantitative estimate of drug-likeness (QED) is 0.406. The minimum atomic E-state index is 0.464. The highest BCUT2D eigenvalue weighted by atomic mass is 16.5. The Morgan fingerprint density at radius 1 is 0.562 bits per heavy atom. The molecule has 0 bridgehead atoms. The van der Waals surface area contributed by atoms with E-state index in [1.165, 1.54) is 33.4 Å². The summed E-state index contributed by atoms with van der Waals surface area (Å²) in [5, 5.41) is 0. The summed E-state index contributed by atoms with van der Waals surface area (Å²) in [6.45, 7) is 13.3. The second-order valence-corrected chi connectivity index (χ2v) is 7.78. The van der Waals surface area contributed by atoms with Gasteiger partial charge in [0.25, 0.3) is 0 Å². The van der Waals surface area contributed by atoms with Crippen molar-refractivity contribution in [2.75, 3.05) is 0 Å². The average molecular weight is 423 g/mol. The maximum Gasteiger partial charge on any atom is 0.135 e. The molecule has 0 fully saturated rings. The lowest BCUT2D eigenvalue weighted by Crippen LogP contribution is -2.12. The lowest BCUT2D eigenvalue weighted by Gasteiger charge is -2.22. The Bertz CT molecular complexity index is 1150. The maximum absolute atomic E-state index is 6.28. The Morgan fingerprint density at radius 3 is 1.31 bits per heavy atom. The fraction of sp³-hybridized carbons (Fsp3) is 0.267. The molecule has 0 atom stereocenters. The van der Waals surface area contributed by atoms with Crippen molar-refractivity contribution >= 4 is 0 Å². The van der Waals surface area contributed by atoms with Gasteiger partial charge < -0.3 is 9.47 Å². The predicted molar refractivity (Wildman–Crippen MR) is 132 cm³/mol. The van der Waals surface area contributed by atoms with E-state index in [0.717, 1.165) is 22.6 Å². The summed E-state index contributed by atoms with van der Waals surface area (Å²) in [6, 6.07) is 15.8. The van der Waals surface area contributed by atoms with Gasteiger partial charge in [0, 0.05) is 0 Å². The van der Waals surface area contributed by atoms with Crippen LogP contribution in [0.3, 0.4) is 0 Å². The third-order valence-corrected chi connectivity index (χ3v) is 5.99. The van der Waals surface area contributed by atoms with Gasteiger partial charge in [-0.05, 0) is 99.2 Å². The molecule has 2 nitrogen and oxygen atoms in total. The molecular weight excluding hydrogens is 392 g/mol. The molecule has 2 heteroatoms. The van der Waals surface area contributed by atoms with E-state index in [2.05, 4.69) is 51.4 Å². The zero-order chi connectivity index (χ0) is 23.1. The van der Waals surface area contributed by atoms with E-state index in [0.29, 0.717) is 13.2 Å². The van der Waals surface area contributed by atoms with Gasteiger partial charge in [0.15, 0.2) is 0 Å². The van der Waals surface area contributed by atoms with Crippen LogP contribution in [0.15, 0.2) is 48.5 Å². The summed E-state index contributed by atoms with van der Waals surface area (Å²) in [5.41, 5.74) is 9.22. The normalized spacial score (nSPS) is 9.94. The highest BCUT2D eigenvalue weighted by molar-refractivity contribution is 5.51. The molecular formula is C30H30O2. The molecule has 162 valence electrons. The number of benzene rings is 3. The number of rotatable bonds is 6. The number of ether oxygens (including phenoxy) is 2. The first-order valence-corrected chi connectivity index (χ1v) is 10.8. The van der Waals surface area contributed by atoms with Crippen molar-refractivity contribution in [2.24, 2.45) is 0 Å². The van der Waals surface area contributed by atoms with Crippen LogP contribution in [-0.4, -0.2) is 0 Å². The van der Waals surface area contributed by atoms with Gasteiger partial charge in [0.05, 0.1) is 11.1 Å². The van der Waals surface area contributed by atoms with Gasteiger partial charge >= 0.3 is 0 Å². The van der Waals surface area contributed by atoms with Crippen LogP contribution < -0.4 is 9.47 Å². The van der Waals surface area contributed by atoms with Crippen molar-refractivity contribution in [3.05, 3.63) is 93.0 Å². The highest BCUT2D eigenvalue weighted by Gasteiger charge is 2.17.